The van der Waals surface area contributed by atoms with Gasteiger partial charge in [-0.1, -0.05) is 91.0 Å². The lowest BCUT2D eigenvalue weighted by atomic mass is 9.96. The number of hydrogen-bond acceptors (Lipinski definition) is 3. The molecule has 0 amide bonds. The summed E-state index contributed by atoms with van der Waals surface area (Å²) < 4.78 is 10.8. The Morgan fingerprint density at radius 2 is 1.04 bits per heavy atom. The Balaban J connectivity index is 1.24. The summed E-state index contributed by atoms with van der Waals surface area (Å²) >= 11 is 0. The van der Waals surface area contributed by atoms with Crippen LogP contribution in [0.15, 0.2) is 150 Å². The number of nitrogens with zero attached hydrogens (tertiary/aromatic N) is 4. The molecule has 3 aromatic heterocycles. The smallest absolute Gasteiger partial charge is 0.137 e. The Morgan fingerprint density at radius 3 is 1.69 bits per heavy atom. The molecule has 5 heteroatoms. The Kier molecular flexibility index (Phi) is 5.64. The fraction of sp³-hybridized carbons (Fsp3) is 0. The standard InChI is InChI=1S/C44H24N4O/c45-25-28-19-22-30(27-17-20-29(21-18-27)47-38-13-5-1-9-31(38)32-10-2-6-14-39(32)47)44(37(28)26-46)48-40-15-7-3-11-33(40)35-23-36-34-12-4-8-16-42(34)49-43(36)24-41(35)48/h1-24H. The molecule has 10 rings (SSSR count). The summed E-state index contributed by atoms with van der Waals surface area (Å²) in [6.45, 7) is 0. The fourth-order valence-corrected chi connectivity index (χ4v) is 7.68. The van der Waals surface area contributed by atoms with Crippen molar-refractivity contribution in [1.29, 1.82) is 10.5 Å². The van der Waals surface area contributed by atoms with Gasteiger partial charge in [-0.2, -0.15) is 10.5 Å². The molecule has 0 spiro atoms. The van der Waals surface area contributed by atoms with Gasteiger partial charge in [0.05, 0.1) is 38.9 Å². The minimum atomic E-state index is 0.332. The van der Waals surface area contributed by atoms with Gasteiger partial charge in [0.25, 0.3) is 0 Å². The fourth-order valence-electron chi connectivity index (χ4n) is 7.68. The molecule has 0 saturated carbocycles. The Labute approximate surface area is 280 Å². The second-order valence-corrected chi connectivity index (χ2v) is 12.3. The Morgan fingerprint density at radius 1 is 0.449 bits per heavy atom. The van der Waals surface area contributed by atoms with Crippen molar-refractivity contribution in [3.8, 4) is 34.6 Å². The number of para-hydroxylation sites is 4. The summed E-state index contributed by atoms with van der Waals surface area (Å²) in [6.07, 6.45) is 0. The minimum absolute atomic E-state index is 0.332. The predicted octanol–water partition coefficient (Wildman–Crippen LogP) is 11.2. The van der Waals surface area contributed by atoms with Gasteiger partial charge < -0.3 is 13.6 Å². The quantitative estimate of drug-likeness (QED) is 0.196. The van der Waals surface area contributed by atoms with Crippen molar-refractivity contribution >= 4 is 65.6 Å². The van der Waals surface area contributed by atoms with E-state index in [1.54, 1.807) is 6.07 Å². The second-order valence-electron chi connectivity index (χ2n) is 12.3. The van der Waals surface area contributed by atoms with Gasteiger partial charge in [0.2, 0.25) is 0 Å². The van der Waals surface area contributed by atoms with Crippen LogP contribution in [0.3, 0.4) is 0 Å². The van der Waals surface area contributed by atoms with Crippen molar-refractivity contribution in [2.24, 2.45) is 0 Å². The summed E-state index contributed by atoms with van der Waals surface area (Å²) in [6, 6.07) is 54.4. The zero-order chi connectivity index (χ0) is 32.6. The molecule has 49 heavy (non-hydrogen) atoms. The highest BCUT2D eigenvalue weighted by molar-refractivity contribution is 6.18. The van der Waals surface area contributed by atoms with Crippen LogP contribution in [0, 0.1) is 22.7 Å². The molecule has 0 bridgehead atoms. The van der Waals surface area contributed by atoms with Crippen LogP contribution in [-0.2, 0) is 0 Å². The highest BCUT2D eigenvalue weighted by Gasteiger charge is 2.23. The molecule has 0 N–H and O–H groups in total. The van der Waals surface area contributed by atoms with Gasteiger partial charge in [-0.3, -0.25) is 0 Å². The zero-order valence-electron chi connectivity index (χ0n) is 26.1. The van der Waals surface area contributed by atoms with E-state index in [1.165, 1.54) is 10.8 Å². The van der Waals surface area contributed by atoms with Gasteiger partial charge in [0.1, 0.15) is 23.3 Å². The maximum Gasteiger partial charge on any atom is 0.137 e. The average molecular weight is 625 g/mol. The van der Waals surface area contributed by atoms with E-state index in [0.717, 1.165) is 71.6 Å². The number of aromatic nitrogens is 2. The third-order valence-corrected chi connectivity index (χ3v) is 9.82. The monoisotopic (exact) mass is 624 g/mol. The van der Waals surface area contributed by atoms with Crippen LogP contribution < -0.4 is 0 Å². The summed E-state index contributed by atoms with van der Waals surface area (Å²) in [7, 11) is 0. The number of fused-ring (bicyclic) bond motifs is 9. The predicted molar refractivity (Wildman–Crippen MR) is 197 cm³/mol. The molecule has 5 nitrogen and oxygen atoms in total. The molecule has 0 aliphatic heterocycles. The molecule has 10 aromatic rings. The highest BCUT2D eigenvalue weighted by atomic mass is 16.3. The van der Waals surface area contributed by atoms with E-state index in [0.29, 0.717) is 16.8 Å². The average Bonchev–Trinajstić information content (AvgIpc) is 3.80. The Bertz CT molecular complexity index is 3020. The van der Waals surface area contributed by atoms with Gasteiger partial charge in [-0.25, -0.2) is 0 Å². The molecule has 0 radical (unpaired) electrons. The number of furan rings is 1. The first-order valence-corrected chi connectivity index (χ1v) is 16.1. The molecule has 0 saturated heterocycles. The van der Waals surface area contributed by atoms with E-state index in [1.807, 2.05) is 36.4 Å². The van der Waals surface area contributed by atoms with Gasteiger partial charge in [0.15, 0.2) is 0 Å². The maximum absolute atomic E-state index is 10.6. The first-order chi connectivity index (χ1) is 24.2. The second kappa shape index (κ2) is 10.2. The lowest BCUT2D eigenvalue weighted by Crippen LogP contribution is -2.03. The number of hydrogen-bond donors (Lipinski definition) is 0. The molecule has 0 aliphatic rings. The summed E-state index contributed by atoms with van der Waals surface area (Å²) in [5, 5.41) is 27.4. The van der Waals surface area contributed by atoms with E-state index in [4.69, 9.17) is 4.42 Å². The largest absolute Gasteiger partial charge is 0.456 e. The van der Waals surface area contributed by atoms with Crippen LogP contribution in [0.1, 0.15) is 11.1 Å². The topological polar surface area (TPSA) is 70.6 Å². The summed E-state index contributed by atoms with van der Waals surface area (Å²) in [5.41, 5.74) is 9.92. The van der Waals surface area contributed by atoms with E-state index < -0.39 is 0 Å². The maximum atomic E-state index is 10.6. The third-order valence-electron chi connectivity index (χ3n) is 9.82. The summed E-state index contributed by atoms with van der Waals surface area (Å²) in [4.78, 5) is 0. The summed E-state index contributed by atoms with van der Waals surface area (Å²) in [5.74, 6) is 0. The lowest BCUT2D eigenvalue weighted by Gasteiger charge is -2.17. The minimum Gasteiger partial charge on any atom is -0.456 e. The van der Waals surface area contributed by atoms with Crippen LogP contribution >= 0.6 is 0 Å². The van der Waals surface area contributed by atoms with Crippen LogP contribution in [0.25, 0.3) is 88.1 Å². The molecule has 7 aromatic carbocycles. The van der Waals surface area contributed by atoms with Gasteiger partial charge in [0, 0.05) is 49.6 Å². The van der Waals surface area contributed by atoms with Crippen LogP contribution in [0.5, 0.6) is 0 Å². The van der Waals surface area contributed by atoms with Crippen LogP contribution in [0.2, 0.25) is 0 Å². The molecule has 0 aliphatic carbocycles. The SMILES string of the molecule is N#Cc1ccc(-c2ccc(-n3c4ccccc4c4ccccc43)cc2)c(-n2c3ccccc3c3cc4c(cc32)oc2ccccc24)c1C#N. The van der Waals surface area contributed by atoms with Crippen LogP contribution in [-0.4, -0.2) is 9.13 Å². The molecular weight excluding hydrogens is 601 g/mol. The van der Waals surface area contributed by atoms with Crippen molar-refractivity contribution in [2.75, 3.05) is 0 Å². The first-order valence-electron chi connectivity index (χ1n) is 16.1. The Hall–Kier alpha value is -7.08. The first kappa shape index (κ1) is 27.1. The molecule has 0 atom stereocenters. The van der Waals surface area contributed by atoms with Crippen molar-refractivity contribution < 1.29 is 4.42 Å². The van der Waals surface area contributed by atoms with E-state index in [2.05, 4.69) is 124 Å². The van der Waals surface area contributed by atoms with Gasteiger partial charge in [-0.15, -0.1) is 0 Å². The van der Waals surface area contributed by atoms with Crippen molar-refractivity contribution in [3.05, 3.63) is 157 Å². The number of rotatable bonds is 3. The number of benzene rings is 7. The molecule has 0 fully saturated rings. The normalized spacial score (nSPS) is 11.6. The van der Waals surface area contributed by atoms with Gasteiger partial charge >= 0.3 is 0 Å². The van der Waals surface area contributed by atoms with E-state index in [-0.39, 0.29) is 0 Å². The molecular formula is C44H24N4O. The van der Waals surface area contributed by atoms with Crippen molar-refractivity contribution in [3.63, 3.8) is 0 Å². The molecule has 0 unspecified atom stereocenters. The van der Waals surface area contributed by atoms with Crippen molar-refractivity contribution in [2.45, 2.75) is 0 Å². The lowest BCUT2D eigenvalue weighted by molar-refractivity contribution is 0.669. The van der Waals surface area contributed by atoms with Crippen molar-refractivity contribution in [1.82, 2.24) is 9.13 Å². The highest BCUT2D eigenvalue weighted by Crippen LogP contribution is 2.42. The zero-order valence-corrected chi connectivity index (χ0v) is 26.1. The van der Waals surface area contributed by atoms with E-state index >= 15 is 0 Å². The molecule has 3 heterocycles. The van der Waals surface area contributed by atoms with E-state index in [9.17, 15) is 10.5 Å². The molecule has 226 valence electrons. The number of nitriles is 2. The van der Waals surface area contributed by atoms with Crippen LogP contribution in [0.4, 0.5) is 0 Å². The third kappa shape index (κ3) is 3.79. The van der Waals surface area contributed by atoms with Gasteiger partial charge in [-0.05, 0) is 54.1 Å².